The van der Waals surface area contributed by atoms with Gasteiger partial charge in [0.2, 0.25) is 0 Å². The Morgan fingerprint density at radius 1 is 1.16 bits per heavy atom. The molecule has 3 aromatic rings. The average Bonchev–Trinajstić information content (AvgIpc) is 3.35. The summed E-state index contributed by atoms with van der Waals surface area (Å²) in [6.45, 7) is 2.72. The molecule has 162 valence electrons. The zero-order valence-corrected chi connectivity index (χ0v) is 18.1. The molecule has 1 amide bonds. The molecular formula is C23H27N5O2S. The Morgan fingerprint density at radius 2 is 1.94 bits per heavy atom. The summed E-state index contributed by atoms with van der Waals surface area (Å²) in [6.07, 6.45) is 3.54. The van der Waals surface area contributed by atoms with Gasteiger partial charge in [-0.1, -0.05) is 42.1 Å². The number of aromatic nitrogens is 3. The minimum Gasteiger partial charge on any atom is -0.396 e. The third-order valence-electron chi connectivity index (χ3n) is 5.65. The number of carbonyl (C=O) groups excluding carboxylic acids is 1. The van der Waals surface area contributed by atoms with Gasteiger partial charge in [0.05, 0.1) is 0 Å². The summed E-state index contributed by atoms with van der Waals surface area (Å²) < 4.78 is 0. The van der Waals surface area contributed by atoms with E-state index in [1.54, 1.807) is 0 Å². The van der Waals surface area contributed by atoms with Crippen LogP contribution in [0.2, 0.25) is 0 Å². The van der Waals surface area contributed by atoms with Crippen LogP contribution in [0.3, 0.4) is 0 Å². The van der Waals surface area contributed by atoms with Crippen molar-refractivity contribution in [2.24, 2.45) is 5.92 Å². The van der Waals surface area contributed by atoms with Gasteiger partial charge in [0, 0.05) is 43.2 Å². The molecule has 0 aliphatic carbocycles. The lowest BCUT2D eigenvalue weighted by molar-refractivity contribution is 0.0950. The standard InChI is InChI=1S/C23H27N5O2S/c29-14-18-9-11-28(12-10-18)20-7-5-17(6-8-20)13-24-22(30)21-4-2-1-3-19(21)15-31-23-25-16-26-27-23/h1-8,16,18,29H,9-15H2,(H,24,30)(H,25,26,27). The van der Waals surface area contributed by atoms with Gasteiger partial charge < -0.3 is 15.3 Å². The molecule has 1 saturated heterocycles. The number of anilines is 1. The monoisotopic (exact) mass is 437 g/mol. The molecule has 0 atom stereocenters. The molecule has 2 heterocycles. The highest BCUT2D eigenvalue weighted by atomic mass is 32.2. The van der Waals surface area contributed by atoms with Crippen molar-refractivity contribution in [2.75, 3.05) is 24.6 Å². The largest absolute Gasteiger partial charge is 0.396 e. The molecule has 1 fully saturated rings. The van der Waals surface area contributed by atoms with Crippen LogP contribution in [0.4, 0.5) is 5.69 Å². The summed E-state index contributed by atoms with van der Waals surface area (Å²) in [6, 6.07) is 16.0. The van der Waals surface area contributed by atoms with Gasteiger partial charge in [0.25, 0.3) is 5.91 Å². The van der Waals surface area contributed by atoms with Crippen LogP contribution >= 0.6 is 11.8 Å². The number of aromatic amines is 1. The molecule has 2 aromatic carbocycles. The number of thioether (sulfide) groups is 1. The van der Waals surface area contributed by atoms with Gasteiger partial charge in [-0.15, -0.1) is 0 Å². The van der Waals surface area contributed by atoms with Crippen molar-refractivity contribution in [3.8, 4) is 0 Å². The Morgan fingerprint density at radius 3 is 2.65 bits per heavy atom. The number of aliphatic hydroxyl groups excluding tert-OH is 1. The van der Waals surface area contributed by atoms with Crippen molar-refractivity contribution in [1.82, 2.24) is 20.5 Å². The van der Waals surface area contributed by atoms with Gasteiger partial charge in [-0.25, -0.2) is 4.98 Å². The minimum atomic E-state index is -0.0797. The molecular weight excluding hydrogens is 410 g/mol. The van der Waals surface area contributed by atoms with E-state index in [0.29, 0.717) is 23.8 Å². The molecule has 1 aliphatic rings. The van der Waals surface area contributed by atoms with Crippen LogP contribution in [-0.4, -0.2) is 45.9 Å². The molecule has 7 nitrogen and oxygen atoms in total. The van der Waals surface area contributed by atoms with E-state index in [4.69, 9.17) is 0 Å². The molecule has 0 radical (unpaired) electrons. The van der Waals surface area contributed by atoms with E-state index in [0.717, 1.165) is 42.2 Å². The Labute approximate surface area is 186 Å². The Balaban J connectivity index is 1.32. The van der Waals surface area contributed by atoms with Crippen molar-refractivity contribution in [1.29, 1.82) is 0 Å². The fourth-order valence-electron chi connectivity index (χ4n) is 3.75. The minimum absolute atomic E-state index is 0.0797. The smallest absolute Gasteiger partial charge is 0.251 e. The fourth-order valence-corrected chi connectivity index (χ4v) is 4.54. The summed E-state index contributed by atoms with van der Waals surface area (Å²) in [4.78, 5) is 19.3. The van der Waals surface area contributed by atoms with E-state index in [2.05, 4.69) is 49.7 Å². The van der Waals surface area contributed by atoms with Crippen LogP contribution < -0.4 is 10.2 Å². The van der Waals surface area contributed by atoms with Crippen molar-refractivity contribution >= 4 is 23.4 Å². The maximum absolute atomic E-state index is 12.8. The number of aliphatic hydroxyl groups is 1. The van der Waals surface area contributed by atoms with Crippen molar-refractivity contribution < 1.29 is 9.90 Å². The number of piperidine rings is 1. The Bertz CT molecular complexity index is 970. The van der Waals surface area contributed by atoms with Gasteiger partial charge in [0.15, 0.2) is 5.16 Å². The van der Waals surface area contributed by atoms with Crippen molar-refractivity contribution in [3.63, 3.8) is 0 Å². The topological polar surface area (TPSA) is 94.1 Å². The maximum atomic E-state index is 12.8. The molecule has 0 spiro atoms. The van der Waals surface area contributed by atoms with Gasteiger partial charge in [0.1, 0.15) is 6.33 Å². The number of H-pyrrole nitrogens is 1. The zero-order valence-electron chi connectivity index (χ0n) is 17.3. The Kier molecular flexibility index (Phi) is 7.22. The van der Waals surface area contributed by atoms with Crippen LogP contribution in [0.25, 0.3) is 0 Å². The van der Waals surface area contributed by atoms with Crippen LogP contribution in [0, 0.1) is 5.92 Å². The average molecular weight is 438 g/mol. The second-order valence-corrected chi connectivity index (χ2v) is 8.66. The number of hydrogen-bond acceptors (Lipinski definition) is 6. The quantitative estimate of drug-likeness (QED) is 0.469. The molecule has 1 aliphatic heterocycles. The summed E-state index contributed by atoms with van der Waals surface area (Å²) in [5.74, 6) is 0.993. The summed E-state index contributed by atoms with van der Waals surface area (Å²) in [5.41, 5.74) is 3.90. The van der Waals surface area contributed by atoms with Crippen LogP contribution in [0.15, 0.2) is 60.0 Å². The van der Waals surface area contributed by atoms with Crippen LogP contribution in [0.5, 0.6) is 0 Å². The maximum Gasteiger partial charge on any atom is 0.251 e. The van der Waals surface area contributed by atoms with Gasteiger partial charge >= 0.3 is 0 Å². The Hall–Kier alpha value is -2.84. The van der Waals surface area contributed by atoms with Crippen LogP contribution in [0.1, 0.15) is 34.3 Å². The third kappa shape index (κ3) is 5.65. The van der Waals surface area contributed by atoms with Gasteiger partial charge in [-0.05, 0) is 48.1 Å². The highest BCUT2D eigenvalue weighted by Crippen LogP contribution is 2.24. The molecule has 0 unspecified atom stereocenters. The lowest BCUT2D eigenvalue weighted by Gasteiger charge is -2.33. The number of amides is 1. The molecule has 1 aromatic heterocycles. The van der Waals surface area contributed by atoms with E-state index in [1.165, 1.54) is 23.8 Å². The lowest BCUT2D eigenvalue weighted by atomic mass is 9.97. The number of hydrogen-bond donors (Lipinski definition) is 3. The highest BCUT2D eigenvalue weighted by Gasteiger charge is 2.18. The van der Waals surface area contributed by atoms with Crippen molar-refractivity contribution in [3.05, 3.63) is 71.5 Å². The molecule has 8 heteroatoms. The number of benzene rings is 2. The molecule has 0 saturated carbocycles. The number of nitrogens with zero attached hydrogens (tertiary/aromatic N) is 3. The molecule has 0 bridgehead atoms. The summed E-state index contributed by atoms with van der Waals surface area (Å²) in [5, 5.41) is 19.7. The first-order chi connectivity index (χ1) is 15.2. The van der Waals surface area contributed by atoms with E-state index >= 15 is 0 Å². The second kappa shape index (κ2) is 10.5. The van der Waals surface area contributed by atoms with Crippen molar-refractivity contribution in [2.45, 2.75) is 30.3 Å². The predicted molar refractivity (Wildman–Crippen MR) is 122 cm³/mol. The normalized spacial score (nSPS) is 14.5. The van der Waals surface area contributed by atoms with Gasteiger partial charge in [-0.3, -0.25) is 9.89 Å². The summed E-state index contributed by atoms with van der Waals surface area (Å²) in [7, 11) is 0. The lowest BCUT2D eigenvalue weighted by Crippen LogP contribution is -2.34. The molecule has 31 heavy (non-hydrogen) atoms. The first-order valence-electron chi connectivity index (χ1n) is 10.5. The second-order valence-electron chi connectivity index (χ2n) is 7.70. The predicted octanol–water partition coefficient (Wildman–Crippen LogP) is 3.24. The van der Waals surface area contributed by atoms with Crippen LogP contribution in [-0.2, 0) is 12.3 Å². The SMILES string of the molecule is O=C(NCc1ccc(N2CCC(CO)CC2)cc1)c1ccccc1CSc1ncn[nH]1. The number of rotatable bonds is 8. The highest BCUT2D eigenvalue weighted by molar-refractivity contribution is 7.98. The first kappa shape index (κ1) is 21.4. The number of nitrogens with one attached hydrogen (secondary N) is 2. The molecule has 4 rings (SSSR count). The van der Waals surface area contributed by atoms with E-state index in [-0.39, 0.29) is 12.5 Å². The zero-order chi connectivity index (χ0) is 21.5. The molecule has 3 N–H and O–H groups in total. The van der Waals surface area contributed by atoms with E-state index < -0.39 is 0 Å². The van der Waals surface area contributed by atoms with E-state index in [1.807, 2.05) is 24.3 Å². The third-order valence-corrected chi connectivity index (χ3v) is 6.57. The number of carbonyl (C=O) groups is 1. The van der Waals surface area contributed by atoms with Gasteiger partial charge in [-0.2, -0.15) is 5.10 Å². The summed E-state index contributed by atoms with van der Waals surface area (Å²) >= 11 is 1.52. The fraction of sp³-hybridized carbons (Fsp3) is 0.348. The first-order valence-corrected chi connectivity index (χ1v) is 11.5. The van der Waals surface area contributed by atoms with E-state index in [9.17, 15) is 9.90 Å².